The molecule has 6 nitrogen and oxygen atoms in total. The Morgan fingerprint density at radius 1 is 1.42 bits per heavy atom. The van der Waals surface area contributed by atoms with E-state index in [9.17, 15) is 4.79 Å². The summed E-state index contributed by atoms with van der Waals surface area (Å²) in [5.41, 5.74) is 0.235. The molecule has 0 unspecified atom stereocenters. The fourth-order valence-electron chi connectivity index (χ4n) is 1.87. The molecule has 0 atom stereocenters. The van der Waals surface area contributed by atoms with Crippen molar-refractivity contribution in [3.8, 4) is 11.5 Å². The van der Waals surface area contributed by atoms with Crippen LogP contribution in [0.2, 0.25) is 5.02 Å². The molecule has 1 aromatic heterocycles. The fourth-order valence-corrected chi connectivity index (χ4v) is 2.53. The lowest BCUT2D eigenvalue weighted by Crippen LogP contribution is -2.25. The third-order valence-corrected chi connectivity index (χ3v) is 4.10. The van der Waals surface area contributed by atoms with Crippen molar-refractivity contribution < 1.29 is 18.8 Å². The Morgan fingerprint density at radius 3 is 2.96 bits per heavy atom. The molecule has 2 aromatic rings. The SMILES string of the molecule is COc1ccc(OCc2cc(C(=O)NCCCSC)no2)c(Cl)c1. The fraction of sp³-hybridized carbons (Fsp3) is 0.375. The van der Waals surface area contributed by atoms with Crippen molar-refractivity contribution in [3.05, 3.63) is 40.7 Å². The maximum absolute atomic E-state index is 11.9. The van der Waals surface area contributed by atoms with Crippen LogP contribution in [0.25, 0.3) is 0 Å². The molecule has 1 N–H and O–H groups in total. The quantitative estimate of drug-likeness (QED) is 0.682. The molecule has 2 rings (SSSR count). The molecule has 130 valence electrons. The highest BCUT2D eigenvalue weighted by Gasteiger charge is 2.13. The van der Waals surface area contributed by atoms with E-state index >= 15 is 0 Å². The Kier molecular flexibility index (Phi) is 7.27. The predicted molar refractivity (Wildman–Crippen MR) is 94.2 cm³/mol. The molecule has 0 aliphatic carbocycles. The minimum Gasteiger partial charge on any atom is -0.497 e. The van der Waals surface area contributed by atoms with Gasteiger partial charge in [0, 0.05) is 18.7 Å². The number of aromatic nitrogens is 1. The number of nitrogens with zero attached hydrogens (tertiary/aromatic N) is 1. The third-order valence-electron chi connectivity index (χ3n) is 3.11. The van der Waals surface area contributed by atoms with Gasteiger partial charge in [-0.2, -0.15) is 11.8 Å². The van der Waals surface area contributed by atoms with Gasteiger partial charge in [0.25, 0.3) is 5.91 Å². The van der Waals surface area contributed by atoms with Crippen LogP contribution in [0.4, 0.5) is 0 Å². The molecule has 0 bridgehead atoms. The van der Waals surface area contributed by atoms with Crippen molar-refractivity contribution in [2.45, 2.75) is 13.0 Å². The molecule has 1 heterocycles. The zero-order valence-corrected chi connectivity index (χ0v) is 15.1. The first-order valence-corrected chi connectivity index (χ1v) is 9.10. The summed E-state index contributed by atoms with van der Waals surface area (Å²) in [6, 6.07) is 6.66. The van der Waals surface area contributed by atoms with Gasteiger partial charge in [-0.1, -0.05) is 16.8 Å². The summed E-state index contributed by atoms with van der Waals surface area (Å²) in [6.45, 7) is 0.735. The molecule has 24 heavy (non-hydrogen) atoms. The van der Waals surface area contributed by atoms with Gasteiger partial charge in [0.2, 0.25) is 0 Å². The number of methoxy groups -OCH3 is 1. The number of halogens is 1. The number of hydrogen-bond donors (Lipinski definition) is 1. The topological polar surface area (TPSA) is 73.6 Å². The lowest BCUT2D eigenvalue weighted by Gasteiger charge is -2.07. The minimum atomic E-state index is -0.256. The number of rotatable bonds is 9. The van der Waals surface area contributed by atoms with Crippen LogP contribution in [0.1, 0.15) is 22.7 Å². The molecular formula is C16H19ClN2O4S. The highest BCUT2D eigenvalue weighted by Crippen LogP contribution is 2.29. The van der Waals surface area contributed by atoms with E-state index in [-0.39, 0.29) is 18.2 Å². The first kappa shape index (κ1) is 18.5. The van der Waals surface area contributed by atoms with Crippen LogP contribution >= 0.6 is 23.4 Å². The molecule has 8 heteroatoms. The van der Waals surface area contributed by atoms with Gasteiger partial charge < -0.3 is 19.3 Å². The normalized spacial score (nSPS) is 10.5. The second-order valence-electron chi connectivity index (χ2n) is 4.87. The van der Waals surface area contributed by atoms with Gasteiger partial charge in [0.15, 0.2) is 11.5 Å². The first-order chi connectivity index (χ1) is 11.6. The number of amides is 1. The number of carbonyl (C=O) groups is 1. The molecule has 0 saturated heterocycles. The monoisotopic (exact) mass is 370 g/mol. The van der Waals surface area contributed by atoms with E-state index in [1.165, 1.54) is 0 Å². The van der Waals surface area contributed by atoms with Crippen LogP contribution < -0.4 is 14.8 Å². The van der Waals surface area contributed by atoms with Crippen LogP contribution in [-0.4, -0.2) is 36.7 Å². The number of nitrogens with one attached hydrogen (secondary N) is 1. The molecule has 1 amide bonds. The standard InChI is InChI=1S/C16H19ClN2O4S/c1-21-11-4-5-15(13(17)8-11)22-10-12-9-14(19-23-12)16(20)18-6-3-7-24-2/h4-5,8-9H,3,6-7,10H2,1-2H3,(H,18,20). The average Bonchev–Trinajstić information content (AvgIpc) is 3.06. The lowest BCUT2D eigenvalue weighted by atomic mass is 10.3. The zero-order valence-electron chi connectivity index (χ0n) is 13.5. The highest BCUT2D eigenvalue weighted by atomic mass is 35.5. The Bertz CT molecular complexity index is 678. The number of hydrogen-bond acceptors (Lipinski definition) is 6. The van der Waals surface area contributed by atoms with Crippen LogP contribution in [0.3, 0.4) is 0 Å². The van der Waals surface area contributed by atoms with Gasteiger partial charge >= 0.3 is 0 Å². The number of carbonyl (C=O) groups excluding carboxylic acids is 1. The number of ether oxygens (including phenoxy) is 2. The Labute approximate surface area is 149 Å². The van der Waals surface area contributed by atoms with Crippen LogP contribution in [0.15, 0.2) is 28.8 Å². The van der Waals surface area contributed by atoms with Crippen LogP contribution in [-0.2, 0) is 6.61 Å². The van der Waals surface area contributed by atoms with Gasteiger partial charge in [-0.3, -0.25) is 4.79 Å². The lowest BCUT2D eigenvalue weighted by molar-refractivity contribution is 0.0944. The summed E-state index contributed by atoms with van der Waals surface area (Å²) >= 11 is 7.84. The summed E-state index contributed by atoms with van der Waals surface area (Å²) in [7, 11) is 1.56. The molecule has 0 saturated carbocycles. The second-order valence-corrected chi connectivity index (χ2v) is 6.26. The molecule has 0 fully saturated rings. The van der Waals surface area contributed by atoms with Crippen molar-refractivity contribution in [1.29, 1.82) is 0 Å². The van der Waals surface area contributed by atoms with Crippen molar-refractivity contribution in [1.82, 2.24) is 10.5 Å². The van der Waals surface area contributed by atoms with E-state index in [2.05, 4.69) is 10.5 Å². The van der Waals surface area contributed by atoms with Crippen molar-refractivity contribution in [3.63, 3.8) is 0 Å². The number of benzene rings is 1. The van der Waals surface area contributed by atoms with Gasteiger partial charge in [-0.05, 0) is 30.6 Å². The minimum absolute atomic E-state index is 0.124. The Balaban J connectivity index is 1.86. The molecule has 0 radical (unpaired) electrons. The van der Waals surface area contributed by atoms with Gasteiger partial charge in [-0.25, -0.2) is 0 Å². The molecule has 1 aromatic carbocycles. The molecule has 0 spiro atoms. The summed E-state index contributed by atoms with van der Waals surface area (Å²) in [6.07, 6.45) is 2.94. The van der Waals surface area contributed by atoms with Crippen LogP contribution in [0.5, 0.6) is 11.5 Å². The van der Waals surface area contributed by atoms with E-state index in [1.54, 1.807) is 43.1 Å². The Morgan fingerprint density at radius 2 is 2.25 bits per heavy atom. The summed E-state index contributed by atoms with van der Waals surface area (Å²) in [5, 5.41) is 6.98. The summed E-state index contributed by atoms with van der Waals surface area (Å²) in [5.74, 6) is 2.33. The summed E-state index contributed by atoms with van der Waals surface area (Å²) in [4.78, 5) is 11.9. The van der Waals surface area contributed by atoms with Gasteiger partial charge in [-0.15, -0.1) is 0 Å². The third kappa shape index (κ3) is 5.35. The van der Waals surface area contributed by atoms with Crippen LogP contribution in [0, 0.1) is 0 Å². The van der Waals surface area contributed by atoms with Crippen molar-refractivity contribution in [2.24, 2.45) is 0 Å². The molecule has 0 aliphatic heterocycles. The average molecular weight is 371 g/mol. The second kappa shape index (κ2) is 9.44. The zero-order chi connectivity index (χ0) is 17.4. The van der Waals surface area contributed by atoms with Crippen molar-refractivity contribution >= 4 is 29.3 Å². The van der Waals surface area contributed by atoms with E-state index in [1.807, 2.05) is 6.26 Å². The predicted octanol–water partition coefficient (Wildman–Crippen LogP) is 3.40. The first-order valence-electron chi connectivity index (χ1n) is 7.33. The van der Waals surface area contributed by atoms with E-state index in [0.717, 1.165) is 12.2 Å². The maximum Gasteiger partial charge on any atom is 0.273 e. The van der Waals surface area contributed by atoms with Gasteiger partial charge in [0.05, 0.1) is 12.1 Å². The van der Waals surface area contributed by atoms with E-state index in [4.69, 9.17) is 25.6 Å². The molecule has 0 aliphatic rings. The largest absolute Gasteiger partial charge is 0.497 e. The van der Waals surface area contributed by atoms with E-state index < -0.39 is 0 Å². The highest BCUT2D eigenvalue weighted by molar-refractivity contribution is 7.98. The Hall–Kier alpha value is -1.86. The van der Waals surface area contributed by atoms with Crippen molar-refractivity contribution in [2.75, 3.05) is 25.7 Å². The maximum atomic E-state index is 11.9. The van der Waals surface area contributed by atoms with E-state index in [0.29, 0.717) is 28.8 Å². The van der Waals surface area contributed by atoms with Gasteiger partial charge in [0.1, 0.15) is 18.1 Å². The number of thioether (sulfide) groups is 1. The molecular weight excluding hydrogens is 352 g/mol. The summed E-state index contributed by atoms with van der Waals surface area (Å²) < 4.78 is 15.8. The smallest absolute Gasteiger partial charge is 0.273 e.